The van der Waals surface area contributed by atoms with Crippen LogP contribution in [-0.4, -0.2) is 36.4 Å². The van der Waals surface area contributed by atoms with Gasteiger partial charge in [-0.05, 0) is 35.9 Å². The highest BCUT2D eigenvalue weighted by atomic mass is 32.2. The van der Waals surface area contributed by atoms with E-state index in [0.717, 1.165) is 16.5 Å². The number of hydrogen-bond acceptors (Lipinski definition) is 6. The van der Waals surface area contributed by atoms with Crippen LogP contribution in [0.25, 0.3) is 33.6 Å². The largest absolute Gasteiger partial charge is 0.453 e. The molecule has 0 unspecified atom stereocenters. The van der Waals surface area contributed by atoms with Crippen molar-refractivity contribution in [2.75, 3.05) is 11.1 Å². The van der Waals surface area contributed by atoms with E-state index in [1.165, 1.54) is 11.8 Å². The summed E-state index contributed by atoms with van der Waals surface area (Å²) in [7, 11) is 0. The van der Waals surface area contributed by atoms with E-state index in [0.29, 0.717) is 40.0 Å². The zero-order valence-electron chi connectivity index (χ0n) is 18.9. The molecule has 0 bridgehead atoms. The van der Waals surface area contributed by atoms with Crippen LogP contribution in [0.5, 0.6) is 0 Å². The fourth-order valence-corrected chi connectivity index (χ4v) is 4.75. The van der Waals surface area contributed by atoms with Crippen LogP contribution in [0.4, 0.5) is 5.69 Å². The van der Waals surface area contributed by atoms with Gasteiger partial charge in [-0.25, -0.2) is 4.79 Å². The zero-order valence-corrected chi connectivity index (χ0v) is 19.7. The maximum absolute atomic E-state index is 12.7. The molecule has 0 aliphatic heterocycles. The minimum atomic E-state index is -0.290. The van der Waals surface area contributed by atoms with Crippen molar-refractivity contribution in [3.8, 4) is 11.6 Å². The van der Waals surface area contributed by atoms with Gasteiger partial charge in [0.2, 0.25) is 11.7 Å². The van der Waals surface area contributed by atoms with Gasteiger partial charge in [0.1, 0.15) is 5.58 Å². The molecule has 0 spiro atoms. The maximum atomic E-state index is 12.7. The molecule has 3 aromatic heterocycles. The van der Waals surface area contributed by atoms with Gasteiger partial charge in [-0.15, -0.1) is 10.2 Å². The lowest BCUT2D eigenvalue weighted by Gasteiger charge is -2.09. The van der Waals surface area contributed by atoms with Crippen LogP contribution < -0.4 is 11.0 Å². The molecule has 36 heavy (non-hydrogen) atoms. The van der Waals surface area contributed by atoms with E-state index in [-0.39, 0.29) is 17.3 Å². The number of aromatic nitrogens is 5. The predicted octanol–water partition coefficient (Wildman–Crippen LogP) is 4.64. The molecule has 1 amide bonds. The van der Waals surface area contributed by atoms with Crippen molar-refractivity contribution in [1.82, 2.24) is 24.7 Å². The number of furan rings is 1. The first-order valence-corrected chi connectivity index (χ1v) is 12.2. The number of thioether (sulfide) groups is 1. The van der Waals surface area contributed by atoms with Gasteiger partial charge < -0.3 is 19.7 Å². The van der Waals surface area contributed by atoms with Crippen molar-refractivity contribution in [2.24, 2.45) is 0 Å². The van der Waals surface area contributed by atoms with Gasteiger partial charge in [0.25, 0.3) is 0 Å². The molecule has 0 fully saturated rings. The Balaban J connectivity index is 1.25. The molecule has 178 valence electrons. The normalized spacial score (nSPS) is 11.3. The van der Waals surface area contributed by atoms with Crippen molar-refractivity contribution < 1.29 is 9.21 Å². The van der Waals surface area contributed by atoms with Crippen LogP contribution in [0.3, 0.4) is 0 Å². The van der Waals surface area contributed by atoms with Crippen molar-refractivity contribution >= 4 is 45.4 Å². The van der Waals surface area contributed by atoms with Gasteiger partial charge in [-0.2, -0.15) is 0 Å². The predicted molar refractivity (Wildman–Crippen MR) is 139 cm³/mol. The summed E-state index contributed by atoms with van der Waals surface area (Å²) in [6, 6.07) is 24.9. The molecule has 0 radical (unpaired) electrons. The summed E-state index contributed by atoms with van der Waals surface area (Å²) in [5, 5.41) is 13.2. The zero-order chi connectivity index (χ0) is 24.5. The minimum Gasteiger partial charge on any atom is -0.453 e. The number of amides is 1. The number of carbonyl (C=O) groups is 1. The molecular formula is C26H20N6O3S. The second-order valence-corrected chi connectivity index (χ2v) is 9.15. The number of nitrogens with one attached hydrogen (secondary N) is 3. The number of aromatic amines is 2. The number of benzene rings is 3. The van der Waals surface area contributed by atoms with Crippen molar-refractivity contribution in [2.45, 2.75) is 11.7 Å². The van der Waals surface area contributed by atoms with Gasteiger partial charge in [0.15, 0.2) is 10.9 Å². The Morgan fingerprint density at radius 1 is 0.944 bits per heavy atom. The maximum Gasteiger partial charge on any atom is 0.323 e. The fraction of sp³-hybridized carbons (Fsp3) is 0.0769. The number of nitrogens with zero attached hydrogens (tertiary/aromatic N) is 3. The smallest absolute Gasteiger partial charge is 0.323 e. The minimum absolute atomic E-state index is 0.134. The molecule has 9 nitrogen and oxygen atoms in total. The summed E-state index contributed by atoms with van der Waals surface area (Å²) in [4.78, 5) is 29.6. The molecule has 0 saturated carbocycles. The number of imidazole rings is 1. The molecule has 3 N–H and O–H groups in total. The Kier molecular flexibility index (Phi) is 5.62. The van der Waals surface area contributed by atoms with Gasteiger partial charge in [-0.3, -0.25) is 9.36 Å². The number of anilines is 1. The third kappa shape index (κ3) is 4.41. The van der Waals surface area contributed by atoms with E-state index in [2.05, 4.69) is 25.5 Å². The van der Waals surface area contributed by atoms with E-state index in [1.54, 1.807) is 18.2 Å². The van der Waals surface area contributed by atoms with E-state index in [4.69, 9.17) is 4.42 Å². The van der Waals surface area contributed by atoms with E-state index >= 15 is 0 Å². The third-order valence-electron chi connectivity index (χ3n) is 5.68. The van der Waals surface area contributed by atoms with Crippen LogP contribution in [0.1, 0.15) is 5.56 Å². The number of H-pyrrole nitrogens is 2. The average Bonchev–Trinajstić information content (AvgIpc) is 3.58. The van der Waals surface area contributed by atoms with Crippen LogP contribution >= 0.6 is 11.8 Å². The van der Waals surface area contributed by atoms with Gasteiger partial charge >= 0.3 is 5.69 Å². The molecule has 6 rings (SSSR count). The van der Waals surface area contributed by atoms with Gasteiger partial charge in [-0.1, -0.05) is 60.3 Å². The molecule has 3 heterocycles. The van der Waals surface area contributed by atoms with Gasteiger partial charge in [0.05, 0.1) is 23.3 Å². The molecule has 6 aromatic rings. The Morgan fingerprint density at radius 3 is 2.61 bits per heavy atom. The monoisotopic (exact) mass is 496 g/mol. The van der Waals surface area contributed by atoms with Crippen molar-refractivity contribution in [3.05, 3.63) is 94.9 Å². The van der Waals surface area contributed by atoms with Crippen LogP contribution in [0, 0.1) is 0 Å². The highest BCUT2D eigenvalue weighted by Gasteiger charge is 2.19. The molecule has 0 saturated heterocycles. The summed E-state index contributed by atoms with van der Waals surface area (Å²) >= 11 is 1.30. The summed E-state index contributed by atoms with van der Waals surface area (Å²) in [5.74, 6) is 1.15. The van der Waals surface area contributed by atoms with E-state index < -0.39 is 0 Å². The second kappa shape index (κ2) is 9.23. The second-order valence-electron chi connectivity index (χ2n) is 8.20. The summed E-state index contributed by atoms with van der Waals surface area (Å²) < 4.78 is 8.01. The third-order valence-corrected chi connectivity index (χ3v) is 6.65. The number of hydrogen-bond donors (Lipinski definition) is 3. The quantitative estimate of drug-likeness (QED) is 0.277. The first kappa shape index (κ1) is 21.9. The van der Waals surface area contributed by atoms with Crippen LogP contribution in [0.2, 0.25) is 0 Å². The SMILES string of the molecule is O=C(CSc1nnc(-c2cc3ccccc3o2)n1Cc1ccccc1)Nc1ccc2[nH]c(=O)[nH]c2c1. The first-order chi connectivity index (χ1) is 17.6. The Hall–Kier alpha value is -4.57. The summed E-state index contributed by atoms with van der Waals surface area (Å²) in [5.41, 5.74) is 3.47. The number of rotatable bonds is 7. The number of carbonyl (C=O) groups excluding carboxylic acids is 1. The number of para-hydroxylation sites is 1. The topological polar surface area (TPSA) is 122 Å². The molecule has 10 heteroatoms. The number of fused-ring (bicyclic) bond motifs is 2. The molecule has 0 aliphatic carbocycles. The van der Waals surface area contributed by atoms with E-state index in [1.807, 2.05) is 65.2 Å². The lowest BCUT2D eigenvalue weighted by Crippen LogP contribution is -2.14. The molecular weight excluding hydrogens is 476 g/mol. The lowest BCUT2D eigenvalue weighted by atomic mass is 10.2. The highest BCUT2D eigenvalue weighted by Crippen LogP contribution is 2.30. The Labute approximate surface area is 208 Å². The molecule has 0 atom stereocenters. The first-order valence-electron chi connectivity index (χ1n) is 11.2. The summed E-state index contributed by atoms with van der Waals surface area (Å²) in [6.07, 6.45) is 0. The standard InChI is InChI=1S/C26H20N6O3S/c33-23(27-18-10-11-19-20(13-18)29-25(34)28-19)15-36-26-31-30-24(32(26)14-16-6-2-1-3-7-16)22-12-17-8-4-5-9-21(17)35-22/h1-13H,14-15H2,(H,27,33)(H2,28,29,34). The summed E-state index contributed by atoms with van der Waals surface area (Å²) in [6.45, 7) is 0.529. The van der Waals surface area contributed by atoms with Crippen LogP contribution in [0.15, 0.2) is 93.2 Å². The van der Waals surface area contributed by atoms with Crippen molar-refractivity contribution in [1.29, 1.82) is 0 Å². The van der Waals surface area contributed by atoms with Gasteiger partial charge in [0, 0.05) is 11.1 Å². The van der Waals surface area contributed by atoms with Crippen LogP contribution in [-0.2, 0) is 11.3 Å². The fourth-order valence-electron chi connectivity index (χ4n) is 4.02. The van der Waals surface area contributed by atoms with E-state index in [9.17, 15) is 9.59 Å². The highest BCUT2D eigenvalue weighted by molar-refractivity contribution is 7.99. The molecule has 0 aliphatic rings. The Bertz CT molecular complexity index is 1720. The molecule has 3 aromatic carbocycles. The lowest BCUT2D eigenvalue weighted by molar-refractivity contribution is -0.113. The Morgan fingerprint density at radius 2 is 1.75 bits per heavy atom. The van der Waals surface area contributed by atoms with Crippen molar-refractivity contribution in [3.63, 3.8) is 0 Å². The average molecular weight is 497 g/mol.